The maximum Gasteiger partial charge on any atom is 0.234 e. The molecular weight excluding hydrogens is 281 g/mol. The summed E-state index contributed by atoms with van der Waals surface area (Å²) in [6, 6.07) is 1.50. The lowest BCUT2D eigenvalue weighted by Gasteiger charge is -2.09. The van der Waals surface area contributed by atoms with Crippen molar-refractivity contribution in [3.8, 4) is 0 Å². The molecule has 1 aromatic rings. The Labute approximate surface area is 110 Å². The second-order valence-electron chi connectivity index (χ2n) is 3.89. The van der Waals surface area contributed by atoms with E-state index in [1.54, 1.807) is 0 Å². The molecule has 0 bridgehead atoms. The molecule has 0 saturated carbocycles. The van der Waals surface area contributed by atoms with E-state index in [0.717, 1.165) is 12.5 Å². The smallest absolute Gasteiger partial charge is 0.234 e. The van der Waals surface area contributed by atoms with Gasteiger partial charge in [-0.1, -0.05) is 6.92 Å². The molecule has 0 aliphatic heterocycles. The van der Waals surface area contributed by atoms with Crippen molar-refractivity contribution in [3.63, 3.8) is 0 Å². The van der Waals surface area contributed by atoms with Crippen molar-refractivity contribution >= 4 is 15.7 Å². The van der Waals surface area contributed by atoms with Crippen molar-refractivity contribution in [2.24, 2.45) is 0 Å². The van der Waals surface area contributed by atoms with Crippen LogP contribution in [0, 0.1) is 17.5 Å². The lowest BCUT2D eigenvalue weighted by atomic mass is 10.3. The van der Waals surface area contributed by atoms with E-state index in [9.17, 15) is 21.6 Å². The van der Waals surface area contributed by atoms with E-state index >= 15 is 0 Å². The van der Waals surface area contributed by atoms with E-state index in [4.69, 9.17) is 0 Å². The number of sulfonamides is 1. The Kier molecular flexibility index (Phi) is 5.61. The molecule has 4 nitrogen and oxygen atoms in total. The normalized spacial score (nSPS) is 11.6. The third kappa shape index (κ3) is 4.71. The summed E-state index contributed by atoms with van der Waals surface area (Å²) in [4.78, 5) is 0. The Morgan fingerprint density at radius 1 is 1.11 bits per heavy atom. The first-order valence-corrected chi connectivity index (χ1v) is 7.37. The van der Waals surface area contributed by atoms with Gasteiger partial charge in [0.1, 0.15) is 0 Å². The topological polar surface area (TPSA) is 58.2 Å². The van der Waals surface area contributed by atoms with Crippen LogP contribution >= 0.6 is 0 Å². The molecule has 19 heavy (non-hydrogen) atoms. The van der Waals surface area contributed by atoms with Gasteiger partial charge in [-0.15, -0.1) is 0 Å². The zero-order valence-electron chi connectivity index (χ0n) is 10.3. The third-order valence-corrected chi connectivity index (χ3v) is 3.55. The number of nitrogens with one attached hydrogen (secondary N) is 2. The maximum absolute atomic E-state index is 13.3. The van der Waals surface area contributed by atoms with Gasteiger partial charge in [0.15, 0.2) is 17.5 Å². The highest BCUT2D eigenvalue weighted by Gasteiger charge is 2.17. The molecule has 1 rings (SSSR count). The molecule has 0 heterocycles. The minimum Gasteiger partial charge on any atom is -0.316 e. The first-order valence-electron chi connectivity index (χ1n) is 5.72. The standard InChI is InChI=1S/C11H15F3N2O2S/c1-2-5-15-6-7-19(17,18)16-9-4-3-8(12)10(13)11(9)14/h3-4,15-16H,2,5-7H2,1H3. The van der Waals surface area contributed by atoms with Gasteiger partial charge in [-0.05, 0) is 25.1 Å². The molecule has 0 saturated heterocycles. The molecule has 0 aliphatic rings. The van der Waals surface area contributed by atoms with Crippen LogP contribution in [0.3, 0.4) is 0 Å². The van der Waals surface area contributed by atoms with Crippen LogP contribution in [0.5, 0.6) is 0 Å². The average molecular weight is 296 g/mol. The van der Waals surface area contributed by atoms with E-state index < -0.39 is 33.2 Å². The number of rotatable bonds is 7. The van der Waals surface area contributed by atoms with Gasteiger partial charge in [-0.25, -0.2) is 21.6 Å². The minimum absolute atomic E-state index is 0.189. The Bertz CT molecular complexity index is 535. The average Bonchev–Trinajstić information content (AvgIpc) is 2.35. The van der Waals surface area contributed by atoms with E-state index in [0.29, 0.717) is 12.6 Å². The summed E-state index contributed by atoms with van der Waals surface area (Å²) in [6.45, 7) is 2.78. The fourth-order valence-corrected chi connectivity index (χ4v) is 2.34. The fourth-order valence-electron chi connectivity index (χ4n) is 1.33. The molecule has 0 atom stereocenters. The van der Waals surface area contributed by atoms with Gasteiger partial charge in [0.2, 0.25) is 10.0 Å². The Hall–Kier alpha value is -1.28. The number of benzene rings is 1. The van der Waals surface area contributed by atoms with Gasteiger partial charge in [0.05, 0.1) is 11.4 Å². The quantitative estimate of drug-likeness (QED) is 0.596. The van der Waals surface area contributed by atoms with Crippen molar-refractivity contribution < 1.29 is 21.6 Å². The number of halogens is 3. The summed E-state index contributed by atoms with van der Waals surface area (Å²) < 4.78 is 63.9. The molecule has 0 fully saturated rings. The lowest BCUT2D eigenvalue weighted by Crippen LogP contribution is -2.27. The highest BCUT2D eigenvalue weighted by molar-refractivity contribution is 7.92. The van der Waals surface area contributed by atoms with Gasteiger partial charge in [0, 0.05) is 6.54 Å². The van der Waals surface area contributed by atoms with Gasteiger partial charge in [0.25, 0.3) is 0 Å². The van der Waals surface area contributed by atoms with E-state index in [1.165, 1.54) is 0 Å². The molecule has 0 radical (unpaired) electrons. The fraction of sp³-hybridized carbons (Fsp3) is 0.455. The Balaban J connectivity index is 2.71. The first kappa shape index (κ1) is 15.8. The lowest BCUT2D eigenvalue weighted by molar-refractivity contribution is 0.449. The highest BCUT2D eigenvalue weighted by Crippen LogP contribution is 2.20. The molecule has 0 spiro atoms. The van der Waals surface area contributed by atoms with Gasteiger partial charge in [-0.2, -0.15) is 0 Å². The Morgan fingerprint density at radius 2 is 1.79 bits per heavy atom. The van der Waals surface area contributed by atoms with Crippen molar-refractivity contribution in [2.45, 2.75) is 13.3 Å². The van der Waals surface area contributed by atoms with E-state index in [1.807, 2.05) is 11.6 Å². The summed E-state index contributed by atoms with van der Waals surface area (Å²) in [5.41, 5.74) is -0.602. The number of hydrogen-bond donors (Lipinski definition) is 2. The second-order valence-corrected chi connectivity index (χ2v) is 5.74. The molecule has 108 valence electrons. The summed E-state index contributed by atoms with van der Waals surface area (Å²) in [6.07, 6.45) is 0.852. The van der Waals surface area contributed by atoms with Crippen LogP contribution < -0.4 is 10.0 Å². The molecule has 0 aromatic heterocycles. The predicted octanol–water partition coefficient (Wildman–Crippen LogP) is 1.85. The van der Waals surface area contributed by atoms with E-state index in [-0.39, 0.29) is 12.3 Å². The zero-order valence-corrected chi connectivity index (χ0v) is 11.2. The monoisotopic (exact) mass is 296 g/mol. The second kappa shape index (κ2) is 6.76. The largest absolute Gasteiger partial charge is 0.316 e. The van der Waals surface area contributed by atoms with Gasteiger partial charge in [-0.3, -0.25) is 4.72 Å². The summed E-state index contributed by atoms with van der Waals surface area (Å²) in [7, 11) is -3.81. The molecule has 0 amide bonds. The number of anilines is 1. The molecule has 2 N–H and O–H groups in total. The molecule has 8 heteroatoms. The predicted molar refractivity (Wildman–Crippen MR) is 66.9 cm³/mol. The number of hydrogen-bond acceptors (Lipinski definition) is 3. The summed E-state index contributed by atoms with van der Waals surface area (Å²) in [5.74, 6) is -4.91. The van der Waals surface area contributed by atoms with Crippen LogP contribution in [-0.4, -0.2) is 27.3 Å². The first-order chi connectivity index (χ1) is 8.87. The highest BCUT2D eigenvalue weighted by atomic mass is 32.2. The van der Waals surface area contributed by atoms with Crippen molar-refractivity contribution in [3.05, 3.63) is 29.6 Å². The zero-order chi connectivity index (χ0) is 14.5. The SMILES string of the molecule is CCCNCCS(=O)(=O)Nc1ccc(F)c(F)c1F. The maximum atomic E-state index is 13.3. The van der Waals surface area contributed by atoms with Crippen LogP contribution in [0.4, 0.5) is 18.9 Å². The van der Waals surface area contributed by atoms with Crippen LogP contribution in [0.1, 0.15) is 13.3 Å². The Morgan fingerprint density at radius 3 is 2.42 bits per heavy atom. The van der Waals surface area contributed by atoms with Crippen LogP contribution in [-0.2, 0) is 10.0 Å². The summed E-state index contributed by atoms with van der Waals surface area (Å²) in [5, 5.41) is 2.87. The third-order valence-electron chi connectivity index (χ3n) is 2.27. The van der Waals surface area contributed by atoms with Crippen LogP contribution in [0.15, 0.2) is 12.1 Å². The van der Waals surface area contributed by atoms with Gasteiger partial charge >= 0.3 is 0 Å². The van der Waals surface area contributed by atoms with Gasteiger partial charge < -0.3 is 5.32 Å². The van der Waals surface area contributed by atoms with E-state index in [2.05, 4.69) is 5.32 Å². The van der Waals surface area contributed by atoms with Crippen LogP contribution in [0.2, 0.25) is 0 Å². The van der Waals surface area contributed by atoms with Crippen molar-refractivity contribution in [1.82, 2.24) is 5.32 Å². The molecular formula is C11H15F3N2O2S. The molecule has 1 aromatic carbocycles. The molecule has 0 unspecified atom stereocenters. The van der Waals surface area contributed by atoms with Crippen molar-refractivity contribution in [2.75, 3.05) is 23.6 Å². The summed E-state index contributed by atoms with van der Waals surface area (Å²) >= 11 is 0. The van der Waals surface area contributed by atoms with Crippen LogP contribution in [0.25, 0.3) is 0 Å². The molecule has 0 aliphatic carbocycles. The minimum atomic E-state index is -3.81. The van der Waals surface area contributed by atoms with Crippen molar-refractivity contribution in [1.29, 1.82) is 0 Å².